The van der Waals surface area contributed by atoms with Crippen LogP contribution in [0.15, 0.2) is 0 Å². The fourth-order valence-corrected chi connectivity index (χ4v) is 1.16. The highest BCUT2D eigenvalue weighted by molar-refractivity contribution is 5.76. The average molecular weight is 187 g/mol. The van der Waals surface area contributed by atoms with Gasteiger partial charge in [0.1, 0.15) is 5.41 Å². The predicted molar refractivity (Wildman–Crippen MR) is 48.6 cm³/mol. The van der Waals surface area contributed by atoms with E-state index in [1.54, 1.807) is 0 Å². The Balaban J connectivity index is 2.36. The summed E-state index contributed by atoms with van der Waals surface area (Å²) in [5.74, 6) is -0.755. The summed E-state index contributed by atoms with van der Waals surface area (Å²) in [7, 11) is 0. The topological polar surface area (TPSA) is 58.6 Å². The zero-order valence-electron chi connectivity index (χ0n) is 8.17. The molecule has 1 heterocycles. The highest BCUT2D eigenvalue weighted by Crippen LogP contribution is 2.26. The first-order valence-electron chi connectivity index (χ1n) is 4.65. The molecule has 1 atom stereocenters. The maximum absolute atomic E-state index is 10.9. The van der Waals surface area contributed by atoms with E-state index in [4.69, 9.17) is 9.84 Å². The molecule has 1 aliphatic rings. The summed E-state index contributed by atoms with van der Waals surface area (Å²) in [5.41, 5.74) is -0.663. The van der Waals surface area contributed by atoms with E-state index in [-0.39, 0.29) is 0 Å². The van der Waals surface area contributed by atoms with Crippen LogP contribution >= 0.6 is 0 Å². The van der Waals surface area contributed by atoms with Crippen LogP contribution < -0.4 is 5.32 Å². The normalized spacial score (nSPS) is 22.0. The van der Waals surface area contributed by atoms with Gasteiger partial charge in [0.2, 0.25) is 0 Å². The lowest BCUT2D eigenvalue weighted by molar-refractivity contribution is -0.178. The third-order valence-electron chi connectivity index (χ3n) is 2.61. The Morgan fingerprint density at radius 1 is 1.69 bits per heavy atom. The number of nitrogens with one attached hydrogen (secondary N) is 1. The van der Waals surface area contributed by atoms with E-state index in [1.807, 2.05) is 0 Å². The van der Waals surface area contributed by atoms with Crippen molar-refractivity contribution < 1.29 is 14.6 Å². The minimum absolute atomic E-state index is 0.339. The molecule has 0 aliphatic carbocycles. The summed E-state index contributed by atoms with van der Waals surface area (Å²) in [6, 6.07) is 0.372. The molecular weight excluding hydrogens is 170 g/mol. The molecule has 0 aromatic rings. The molecule has 0 spiro atoms. The SMILES string of the molecule is CCC(C)NCC1(C(=O)O)COC1. The first-order chi connectivity index (χ1) is 6.10. The lowest BCUT2D eigenvalue weighted by atomic mass is 9.86. The molecule has 0 aromatic heterocycles. The number of carboxylic acids is 1. The van der Waals surface area contributed by atoms with E-state index < -0.39 is 11.4 Å². The summed E-state index contributed by atoms with van der Waals surface area (Å²) in [4.78, 5) is 10.9. The Bertz CT molecular complexity index is 189. The predicted octanol–water partition coefficient (Wildman–Crippen LogP) is 0.476. The van der Waals surface area contributed by atoms with Gasteiger partial charge in [-0.05, 0) is 13.3 Å². The fraction of sp³-hybridized carbons (Fsp3) is 0.889. The number of carbonyl (C=O) groups is 1. The molecule has 1 fully saturated rings. The van der Waals surface area contributed by atoms with Gasteiger partial charge in [-0.2, -0.15) is 0 Å². The average Bonchev–Trinajstić information content (AvgIpc) is 2.01. The number of rotatable bonds is 5. The van der Waals surface area contributed by atoms with Crippen LogP contribution in [0.5, 0.6) is 0 Å². The third kappa shape index (κ3) is 2.19. The molecule has 2 N–H and O–H groups in total. The molecule has 76 valence electrons. The van der Waals surface area contributed by atoms with Crippen molar-refractivity contribution in [2.45, 2.75) is 26.3 Å². The maximum Gasteiger partial charge on any atom is 0.315 e. The summed E-state index contributed by atoms with van der Waals surface area (Å²) in [6.45, 7) is 5.31. The Hall–Kier alpha value is -0.610. The lowest BCUT2D eigenvalue weighted by Crippen LogP contribution is -2.56. The third-order valence-corrected chi connectivity index (χ3v) is 2.61. The quantitative estimate of drug-likeness (QED) is 0.657. The second kappa shape index (κ2) is 4.07. The minimum Gasteiger partial charge on any atom is -0.481 e. The molecule has 0 amide bonds. The molecule has 13 heavy (non-hydrogen) atoms. The molecule has 1 rings (SSSR count). The summed E-state index contributed by atoms with van der Waals surface area (Å²) in [5, 5.41) is 12.1. The van der Waals surface area contributed by atoms with Crippen LogP contribution in [-0.2, 0) is 9.53 Å². The molecule has 0 saturated carbocycles. The van der Waals surface area contributed by atoms with Gasteiger partial charge in [0.15, 0.2) is 0 Å². The van der Waals surface area contributed by atoms with Crippen molar-refractivity contribution in [3.05, 3.63) is 0 Å². The highest BCUT2D eigenvalue weighted by atomic mass is 16.5. The van der Waals surface area contributed by atoms with Crippen LogP contribution in [0.4, 0.5) is 0 Å². The van der Waals surface area contributed by atoms with Crippen LogP contribution in [0.3, 0.4) is 0 Å². The molecule has 0 radical (unpaired) electrons. The van der Waals surface area contributed by atoms with Gasteiger partial charge in [0.25, 0.3) is 0 Å². The van der Waals surface area contributed by atoms with Crippen molar-refractivity contribution in [2.24, 2.45) is 5.41 Å². The van der Waals surface area contributed by atoms with Gasteiger partial charge in [-0.15, -0.1) is 0 Å². The van der Waals surface area contributed by atoms with E-state index in [1.165, 1.54) is 0 Å². The molecule has 1 unspecified atom stereocenters. The van der Waals surface area contributed by atoms with Crippen molar-refractivity contribution in [2.75, 3.05) is 19.8 Å². The van der Waals surface area contributed by atoms with Gasteiger partial charge >= 0.3 is 5.97 Å². The minimum atomic E-state index is -0.755. The number of ether oxygens (including phenoxy) is 1. The van der Waals surface area contributed by atoms with Crippen molar-refractivity contribution >= 4 is 5.97 Å². The smallest absolute Gasteiger partial charge is 0.315 e. The molecule has 4 heteroatoms. The molecule has 0 aromatic carbocycles. The van der Waals surface area contributed by atoms with Crippen LogP contribution in [0.25, 0.3) is 0 Å². The highest BCUT2D eigenvalue weighted by Gasteiger charge is 2.45. The van der Waals surface area contributed by atoms with Gasteiger partial charge in [-0.3, -0.25) is 4.79 Å². The zero-order valence-corrected chi connectivity index (χ0v) is 8.17. The van der Waals surface area contributed by atoms with Crippen LogP contribution in [0.1, 0.15) is 20.3 Å². The second-order valence-electron chi connectivity index (χ2n) is 3.77. The molecule has 0 bridgehead atoms. The number of hydrogen-bond acceptors (Lipinski definition) is 3. The van der Waals surface area contributed by atoms with E-state index in [0.717, 1.165) is 6.42 Å². The Labute approximate surface area is 78.3 Å². The summed E-state index contributed by atoms with van der Waals surface area (Å²) >= 11 is 0. The summed E-state index contributed by atoms with van der Waals surface area (Å²) in [6.07, 6.45) is 1.01. The maximum atomic E-state index is 10.9. The Morgan fingerprint density at radius 2 is 2.31 bits per heavy atom. The van der Waals surface area contributed by atoms with Crippen LogP contribution in [0, 0.1) is 5.41 Å². The van der Waals surface area contributed by atoms with Gasteiger partial charge in [0, 0.05) is 12.6 Å². The van der Waals surface area contributed by atoms with E-state index in [2.05, 4.69) is 19.2 Å². The second-order valence-corrected chi connectivity index (χ2v) is 3.77. The zero-order chi connectivity index (χ0) is 9.90. The largest absolute Gasteiger partial charge is 0.481 e. The van der Waals surface area contributed by atoms with Crippen LogP contribution in [0.2, 0.25) is 0 Å². The molecular formula is C9H17NO3. The monoisotopic (exact) mass is 187 g/mol. The van der Waals surface area contributed by atoms with E-state index in [0.29, 0.717) is 25.8 Å². The molecule has 1 aliphatic heterocycles. The van der Waals surface area contributed by atoms with Gasteiger partial charge < -0.3 is 15.2 Å². The lowest BCUT2D eigenvalue weighted by Gasteiger charge is -2.38. The van der Waals surface area contributed by atoms with Crippen molar-refractivity contribution in [1.29, 1.82) is 0 Å². The Morgan fingerprint density at radius 3 is 2.62 bits per heavy atom. The van der Waals surface area contributed by atoms with Gasteiger partial charge in [0.05, 0.1) is 13.2 Å². The van der Waals surface area contributed by atoms with Gasteiger partial charge in [-0.25, -0.2) is 0 Å². The van der Waals surface area contributed by atoms with Gasteiger partial charge in [-0.1, -0.05) is 6.92 Å². The van der Waals surface area contributed by atoms with Crippen molar-refractivity contribution in [1.82, 2.24) is 5.32 Å². The first-order valence-corrected chi connectivity index (χ1v) is 4.65. The fourth-order valence-electron chi connectivity index (χ4n) is 1.16. The van der Waals surface area contributed by atoms with E-state index in [9.17, 15) is 4.79 Å². The number of carboxylic acid groups (broad SMARTS) is 1. The number of aliphatic carboxylic acids is 1. The van der Waals surface area contributed by atoms with E-state index >= 15 is 0 Å². The number of hydrogen-bond donors (Lipinski definition) is 2. The first kappa shape index (κ1) is 10.5. The molecule has 1 saturated heterocycles. The summed E-state index contributed by atoms with van der Waals surface area (Å²) < 4.78 is 4.94. The Kier molecular flexibility index (Phi) is 3.27. The van der Waals surface area contributed by atoms with Crippen molar-refractivity contribution in [3.63, 3.8) is 0 Å². The molecule has 4 nitrogen and oxygen atoms in total. The standard InChI is InChI=1S/C9H17NO3/c1-3-7(2)10-4-9(8(11)12)5-13-6-9/h7,10H,3-6H2,1-2H3,(H,11,12). The van der Waals surface area contributed by atoms with Crippen molar-refractivity contribution in [3.8, 4) is 0 Å². The van der Waals surface area contributed by atoms with Crippen LogP contribution in [-0.4, -0.2) is 36.9 Å².